The van der Waals surface area contributed by atoms with Crippen molar-refractivity contribution in [1.29, 1.82) is 0 Å². The number of hydrogen-bond donors (Lipinski definition) is 3. The molecule has 9 heteroatoms. The number of aliphatic hydroxyl groups is 1. The normalized spacial score (nSPS) is 17.0. The molecular weight excluding hydrogens is 402 g/mol. The number of aromatic nitrogens is 4. The second-order valence-electron chi connectivity index (χ2n) is 7.46. The van der Waals surface area contributed by atoms with Gasteiger partial charge in [-0.2, -0.15) is 0 Å². The maximum atomic E-state index is 9.48. The number of rotatable bonds is 4. The van der Waals surface area contributed by atoms with Gasteiger partial charge in [-0.1, -0.05) is 23.7 Å². The van der Waals surface area contributed by atoms with Crippen LogP contribution >= 0.6 is 11.6 Å². The fourth-order valence-electron chi connectivity index (χ4n) is 3.84. The summed E-state index contributed by atoms with van der Waals surface area (Å²) in [6, 6.07) is 9.78. The third-order valence-electron chi connectivity index (χ3n) is 5.45. The Kier molecular flexibility index (Phi) is 4.90. The average molecular weight is 424 g/mol. The first-order valence-corrected chi connectivity index (χ1v) is 10.3. The monoisotopic (exact) mass is 423 g/mol. The fourth-order valence-corrected chi connectivity index (χ4v) is 4.11. The number of para-hydroxylation sites is 1. The number of anilines is 3. The number of aryl methyl sites for hydroxylation is 1. The van der Waals surface area contributed by atoms with E-state index < -0.39 is 0 Å². The van der Waals surface area contributed by atoms with Gasteiger partial charge in [0.25, 0.3) is 0 Å². The van der Waals surface area contributed by atoms with Gasteiger partial charge in [0.1, 0.15) is 23.2 Å². The van der Waals surface area contributed by atoms with Crippen molar-refractivity contribution in [2.45, 2.75) is 13.0 Å². The highest BCUT2D eigenvalue weighted by atomic mass is 35.5. The number of pyridine rings is 1. The van der Waals surface area contributed by atoms with Crippen molar-refractivity contribution < 1.29 is 5.11 Å². The van der Waals surface area contributed by atoms with E-state index in [1.165, 1.54) is 0 Å². The minimum absolute atomic E-state index is 0.0491. The topological polar surface area (TPSA) is 90.6 Å². The number of nitrogens with one attached hydrogen (secondary N) is 2. The first-order chi connectivity index (χ1) is 14.6. The Morgan fingerprint density at radius 3 is 3.00 bits per heavy atom. The van der Waals surface area contributed by atoms with Gasteiger partial charge in [0.2, 0.25) is 0 Å². The first-order valence-electron chi connectivity index (χ1n) is 9.88. The van der Waals surface area contributed by atoms with Crippen LogP contribution in [0.2, 0.25) is 5.02 Å². The lowest BCUT2D eigenvalue weighted by atomic mass is 10.2. The van der Waals surface area contributed by atoms with Crippen LogP contribution in [0.5, 0.6) is 0 Å². The van der Waals surface area contributed by atoms with Crippen LogP contribution in [0.3, 0.4) is 0 Å². The van der Waals surface area contributed by atoms with Gasteiger partial charge in [0.15, 0.2) is 11.5 Å². The van der Waals surface area contributed by atoms with Crippen molar-refractivity contribution in [2.24, 2.45) is 0 Å². The van der Waals surface area contributed by atoms with Crippen LogP contribution in [-0.2, 0) is 0 Å². The van der Waals surface area contributed by atoms with Gasteiger partial charge >= 0.3 is 0 Å². The summed E-state index contributed by atoms with van der Waals surface area (Å²) in [5.74, 6) is 1.54. The first kappa shape index (κ1) is 19.0. The van der Waals surface area contributed by atoms with Crippen molar-refractivity contribution in [3.63, 3.8) is 0 Å². The summed E-state index contributed by atoms with van der Waals surface area (Å²) in [5.41, 5.74) is 4.17. The van der Waals surface area contributed by atoms with E-state index in [4.69, 9.17) is 21.6 Å². The number of hydrogen-bond acceptors (Lipinski definition) is 7. The van der Waals surface area contributed by atoms with Crippen LogP contribution in [0.15, 0.2) is 42.9 Å². The molecule has 1 unspecified atom stereocenters. The summed E-state index contributed by atoms with van der Waals surface area (Å²) in [7, 11) is 0. The number of halogens is 1. The highest BCUT2D eigenvalue weighted by Crippen LogP contribution is 2.31. The minimum atomic E-state index is 0.0491. The van der Waals surface area contributed by atoms with Crippen LogP contribution in [-0.4, -0.2) is 56.7 Å². The highest BCUT2D eigenvalue weighted by molar-refractivity contribution is 6.33. The third-order valence-corrected chi connectivity index (χ3v) is 5.76. The Morgan fingerprint density at radius 1 is 1.27 bits per heavy atom. The number of fused-ring (bicyclic) bond motifs is 3. The van der Waals surface area contributed by atoms with Gasteiger partial charge in [-0.25, -0.2) is 15.0 Å². The molecule has 0 amide bonds. The van der Waals surface area contributed by atoms with Crippen molar-refractivity contribution in [3.8, 4) is 0 Å². The van der Waals surface area contributed by atoms with E-state index in [0.29, 0.717) is 17.4 Å². The van der Waals surface area contributed by atoms with Crippen molar-refractivity contribution in [1.82, 2.24) is 24.7 Å². The molecule has 154 valence electrons. The fraction of sp³-hybridized carbons (Fsp3) is 0.286. The number of nitrogens with zero attached hydrogens (tertiary/aromatic N) is 5. The van der Waals surface area contributed by atoms with Gasteiger partial charge in [-0.15, -0.1) is 0 Å². The Balaban J connectivity index is 1.58. The molecule has 5 rings (SSSR count). The van der Waals surface area contributed by atoms with E-state index in [1.807, 2.05) is 41.7 Å². The molecule has 0 aliphatic carbocycles. The van der Waals surface area contributed by atoms with Crippen LogP contribution in [0.4, 0.5) is 17.3 Å². The summed E-state index contributed by atoms with van der Waals surface area (Å²) in [5, 5.41) is 16.8. The lowest BCUT2D eigenvalue weighted by Crippen LogP contribution is -2.52. The van der Waals surface area contributed by atoms with E-state index in [9.17, 15) is 5.11 Å². The molecule has 0 radical (unpaired) electrons. The van der Waals surface area contributed by atoms with E-state index in [1.54, 1.807) is 12.5 Å². The number of piperazine rings is 1. The molecule has 0 spiro atoms. The Labute approximate surface area is 178 Å². The standard InChI is InChI=1S/C21H22ClN7O/c1-13-3-2-4-15(22)19(13)27-20-17-9-23-12-29(17)21-16(25-20)5-6-18(26-21)28-8-7-24-14(10-28)11-30/h2-6,9,12,14,24,30H,7-8,10-11H2,1H3,(H,25,27). The number of imidazole rings is 1. The molecule has 1 aromatic carbocycles. The lowest BCUT2D eigenvalue weighted by Gasteiger charge is -2.33. The molecule has 3 aromatic heterocycles. The second kappa shape index (κ2) is 7.71. The molecule has 0 saturated carbocycles. The zero-order valence-electron chi connectivity index (χ0n) is 16.5. The summed E-state index contributed by atoms with van der Waals surface area (Å²) in [4.78, 5) is 16.2. The van der Waals surface area contributed by atoms with Crippen molar-refractivity contribution >= 4 is 45.6 Å². The molecule has 30 heavy (non-hydrogen) atoms. The molecule has 1 aliphatic rings. The summed E-state index contributed by atoms with van der Waals surface area (Å²) in [6.07, 6.45) is 3.51. The number of aliphatic hydroxyl groups excluding tert-OH is 1. The summed E-state index contributed by atoms with van der Waals surface area (Å²) >= 11 is 6.40. The Bertz CT molecular complexity index is 1200. The second-order valence-corrected chi connectivity index (χ2v) is 7.87. The van der Waals surface area contributed by atoms with Crippen molar-refractivity contribution in [2.75, 3.05) is 36.5 Å². The highest BCUT2D eigenvalue weighted by Gasteiger charge is 2.21. The molecule has 1 fully saturated rings. The van der Waals surface area contributed by atoms with Gasteiger partial charge in [-0.3, -0.25) is 4.40 Å². The molecule has 1 atom stereocenters. The average Bonchev–Trinajstić information content (AvgIpc) is 3.27. The predicted octanol–water partition coefficient (Wildman–Crippen LogP) is 2.75. The third kappa shape index (κ3) is 3.32. The van der Waals surface area contributed by atoms with Gasteiger partial charge in [-0.05, 0) is 30.7 Å². The predicted molar refractivity (Wildman–Crippen MR) is 119 cm³/mol. The van der Waals surface area contributed by atoms with Gasteiger partial charge in [0.05, 0.1) is 23.5 Å². The van der Waals surface area contributed by atoms with Gasteiger partial charge in [0, 0.05) is 25.7 Å². The van der Waals surface area contributed by atoms with E-state index in [-0.39, 0.29) is 12.6 Å². The maximum absolute atomic E-state index is 9.48. The Hall–Kier alpha value is -2.94. The van der Waals surface area contributed by atoms with Crippen molar-refractivity contribution in [3.05, 3.63) is 53.4 Å². The smallest absolute Gasteiger partial charge is 0.166 e. The molecule has 0 bridgehead atoms. The minimum Gasteiger partial charge on any atom is -0.395 e. The summed E-state index contributed by atoms with van der Waals surface area (Å²) in [6.45, 7) is 4.46. The van der Waals surface area contributed by atoms with Crippen LogP contribution < -0.4 is 15.5 Å². The maximum Gasteiger partial charge on any atom is 0.166 e. The van der Waals surface area contributed by atoms with E-state index in [0.717, 1.165) is 46.8 Å². The summed E-state index contributed by atoms with van der Waals surface area (Å²) < 4.78 is 1.94. The zero-order chi connectivity index (χ0) is 20.7. The van der Waals surface area contributed by atoms with Crippen LogP contribution in [0.25, 0.3) is 16.7 Å². The molecule has 1 aliphatic heterocycles. The number of benzene rings is 1. The molecular formula is C21H22ClN7O. The SMILES string of the molecule is Cc1cccc(Cl)c1Nc1nc2ccc(N3CCNC(CO)C3)nc2n2cncc12. The van der Waals surface area contributed by atoms with Crippen LogP contribution in [0, 0.1) is 6.92 Å². The molecule has 3 N–H and O–H groups in total. The molecule has 1 saturated heterocycles. The largest absolute Gasteiger partial charge is 0.395 e. The van der Waals surface area contributed by atoms with E-state index >= 15 is 0 Å². The van der Waals surface area contributed by atoms with Crippen LogP contribution in [0.1, 0.15) is 5.56 Å². The van der Waals surface area contributed by atoms with E-state index in [2.05, 4.69) is 20.5 Å². The molecule has 8 nitrogen and oxygen atoms in total. The zero-order valence-corrected chi connectivity index (χ0v) is 17.3. The lowest BCUT2D eigenvalue weighted by molar-refractivity contribution is 0.235. The Morgan fingerprint density at radius 2 is 2.17 bits per heavy atom. The molecule has 4 heterocycles. The quantitative estimate of drug-likeness (QED) is 0.465. The molecule has 4 aromatic rings. The van der Waals surface area contributed by atoms with Gasteiger partial charge < -0.3 is 20.6 Å².